The Balaban J connectivity index is 0.00000233. The molecular weight excluding hydrogens is 384 g/mol. The summed E-state index contributed by atoms with van der Waals surface area (Å²) in [6, 6.07) is 7.38. The van der Waals surface area contributed by atoms with Crippen molar-refractivity contribution in [2.45, 2.75) is 86.7 Å². The summed E-state index contributed by atoms with van der Waals surface area (Å²) in [6.45, 7) is 13.9. The Hall–Kier alpha value is -2.49. The monoisotopic (exact) mass is 426 g/mol. The zero-order valence-electron chi connectivity index (χ0n) is 20.4. The van der Waals surface area contributed by atoms with Gasteiger partial charge in [0.1, 0.15) is 5.75 Å². The lowest BCUT2D eigenvalue weighted by Gasteiger charge is -2.06. The number of aryl methyl sites for hydroxylation is 2. The molecule has 0 spiro atoms. The first kappa shape index (κ1) is 26.5. The molecule has 0 bridgehead atoms. The summed E-state index contributed by atoms with van der Waals surface area (Å²) < 4.78 is 3.80. The smallest absolute Gasteiger partial charge is 0.328 e. The molecule has 4 heteroatoms. The number of phenols is 1. The second-order valence-corrected chi connectivity index (χ2v) is 8.03. The number of hydrogen-bond acceptors (Lipinski definition) is 2. The van der Waals surface area contributed by atoms with E-state index in [1.807, 2.05) is 48.2 Å². The van der Waals surface area contributed by atoms with E-state index >= 15 is 0 Å². The molecule has 1 aromatic carbocycles. The maximum atomic E-state index is 12.9. The van der Waals surface area contributed by atoms with E-state index in [0.29, 0.717) is 18.2 Å². The second-order valence-electron chi connectivity index (χ2n) is 8.03. The maximum absolute atomic E-state index is 12.9. The number of imidazole rings is 1. The van der Waals surface area contributed by atoms with Gasteiger partial charge in [0.2, 0.25) is 0 Å². The number of aromatic hydroxyl groups is 1. The summed E-state index contributed by atoms with van der Waals surface area (Å²) in [7, 11) is 0. The van der Waals surface area contributed by atoms with Crippen molar-refractivity contribution in [2.75, 3.05) is 0 Å². The number of benzene rings is 1. The first-order chi connectivity index (χ1) is 14.9. The average molecular weight is 427 g/mol. The minimum absolute atomic E-state index is 0.0960. The van der Waals surface area contributed by atoms with Crippen LogP contribution in [-0.2, 0) is 25.9 Å². The molecule has 0 aliphatic rings. The molecule has 1 N–H and O–H groups in total. The predicted molar refractivity (Wildman–Crippen MR) is 133 cm³/mol. The fourth-order valence-corrected chi connectivity index (χ4v) is 3.48. The van der Waals surface area contributed by atoms with E-state index in [1.54, 1.807) is 12.1 Å². The molecule has 0 saturated heterocycles. The van der Waals surface area contributed by atoms with Gasteiger partial charge in [-0.25, -0.2) is 4.79 Å². The topological polar surface area (TPSA) is 47.2 Å². The number of hydrogen-bond donors (Lipinski definition) is 1. The number of rotatable bonds is 11. The zero-order chi connectivity index (χ0) is 23.2. The molecule has 2 rings (SSSR count). The van der Waals surface area contributed by atoms with E-state index in [4.69, 9.17) is 0 Å². The Morgan fingerprint density at radius 1 is 1.13 bits per heavy atom. The van der Waals surface area contributed by atoms with Gasteiger partial charge in [-0.3, -0.25) is 9.13 Å². The molecule has 1 aromatic heterocycles. The van der Waals surface area contributed by atoms with Crippen LogP contribution in [0.3, 0.4) is 0 Å². The summed E-state index contributed by atoms with van der Waals surface area (Å²) in [5.74, 6) is 0.840. The molecule has 4 nitrogen and oxygen atoms in total. The van der Waals surface area contributed by atoms with E-state index in [0.717, 1.165) is 44.3 Å². The molecule has 172 valence electrons. The Morgan fingerprint density at radius 2 is 1.81 bits per heavy atom. The molecule has 0 amide bonds. The van der Waals surface area contributed by atoms with Crippen molar-refractivity contribution in [3.8, 4) is 5.75 Å². The molecule has 31 heavy (non-hydrogen) atoms. The van der Waals surface area contributed by atoms with Crippen LogP contribution in [0.2, 0.25) is 0 Å². The lowest BCUT2D eigenvalue weighted by Crippen LogP contribution is -2.25. The van der Waals surface area contributed by atoms with Gasteiger partial charge in [-0.15, -0.1) is 0 Å². The third-order valence-corrected chi connectivity index (χ3v) is 5.09. The highest BCUT2D eigenvalue weighted by Crippen LogP contribution is 2.14. The van der Waals surface area contributed by atoms with E-state index < -0.39 is 0 Å². The molecule has 0 fully saturated rings. The van der Waals surface area contributed by atoms with E-state index in [9.17, 15) is 9.90 Å². The number of nitrogens with zero attached hydrogens (tertiary/aromatic N) is 2. The average Bonchev–Trinajstić information content (AvgIpc) is 3.05. The molecule has 0 unspecified atom stereocenters. The quantitative estimate of drug-likeness (QED) is 0.416. The lowest BCUT2D eigenvalue weighted by molar-refractivity contribution is 0.475. The third kappa shape index (κ3) is 9.04. The summed E-state index contributed by atoms with van der Waals surface area (Å²) >= 11 is 0. The maximum Gasteiger partial charge on any atom is 0.328 e. The Labute approximate surface area is 188 Å². The zero-order valence-corrected chi connectivity index (χ0v) is 20.4. The van der Waals surface area contributed by atoms with Crippen molar-refractivity contribution in [1.29, 1.82) is 0 Å². The highest BCUT2D eigenvalue weighted by atomic mass is 16.3. The van der Waals surface area contributed by atoms with Crippen LogP contribution in [0.4, 0.5) is 0 Å². The van der Waals surface area contributed by atoms with Gasteiger partial charge in [0.25, 0.3) is 0 Å². The van der Waals surface area contributed by atoms with Crippen LogP contribution in [0, 0.1) is 5.92 Å². The SMILES string of the molecule is C/C=C(\C/C=C\C(C)C)Cn1cc(CCCc2ccc(O)cc2)n(CCC)c1=O.CC. The van der Waals surface area contributed by atoms with Crippen LogP contribution >= 0.6 is 0 Å². The van der Waals surface area contributed by atoms with Gasteiger partial charge in [-0.05, 0) is 62.6 Å². The number of phenolic OH excluding ortho intramolecular Hbond substituents is 1. The van der Waals surface area contributed by atoms with Crippen molar-refractivity contribution in [3.63, 3.8) is 0 Å². The first-order valence-electron chi connectivity index (χ1n) is 11.8. The number of allylic oxidation sites excluding steroid dienone is 4. The van der Waals surface area contributed by atoms with Crippen LogP contribution in [0.1, 0.15) is 72.1 Å². The van der Waals surface area contributed by atoms with Crippen LogP contribution < -0.4 is 5.69 Å². The fourth-order valence-electron chi connectivity index (χ4n) is 3.48. The van der Waals surface area contributed by atoms with Crippen LogP contribution in [0.25, 0.3) is 0 Å². The molecule has 2 aromatic rings. The normalized spacial score (nSPS) is 11.8. The summed E-state index contributed by atoms with van der Waals surface area (Å²) in [6.07, 6.45) is 13.2. The standard InChI is InChI=1S/C25H36N2O2.C2H6/c1-5-17-27-23(12-8-11-22-13-15-24(28)16-14-22)19-26(25(27)29)18-21(6-2)10-7-9-20(3)4;1-2/h6-7,9,13-16,19-20,28H,5,8,10-12,17-18H2,1-4H3;1-2H3/b9-7-,21-6+;. The van der Waals surface area contributed by atoms with Gasteiger partial charge in [0.15, 0.2) is 0 Å². The van der Waals surface area contributed by atoms with E-state index in [1.165, 1.54) is 11.1 Å². The van der Waals surface area contributed by atoms with Gasteiger partial charge in [0, 0.05) is 25.0 Å². The van der Waals surface area contributed by atoms with Crippen LogP contribution in [0.5, 0.6) is 5.75 Å². The largest absolute Gasteiger partial charge is 0.508 e. The molecular formula is C27H42N2O2. The van der Waals surface area contributed by atoms with Gasteiger partial charge in [0.05, 0.1) is 0 Å². The summed E-state index contributed by atoms with van der Waals surface area (Å²) in [5.41, 5.74) is 3.68. The lowest BCUT2D eigenvalue weighted by atomic mass is 10.1. The first-order valence-corrected chi connectivity index (χ1v) is 11.8. The highest BCUT2D eigenvalue weighted by molar-refractivity contribution is 5.26. The third-order valence-electron chi connectivity index (χ3n) is 5.09. The highest BCUT2D eigenvalue weighted by Gasteiger charge is 2.11. The Morgan fingerprint density at radius 3 is 2.39 bits per heavy atom. The number of aromatic nitrogens is 2. The molecule has 0 saturated carbocycles. The molecule has 0 aliphatic carbocycles. The van der Waals surface area contributed by atoms with E-state index in [-0.39, 0.29) is 5.69 Å². The van der Waals surface area contributed by atoms with Crippen molar-refractivity contribution in [1.82, 2.24) is 9.13 Å². The second kappa shape index (κ2) is 14.5. The van der Waals surface area contributed by atoms with Gasteiger partial charge in [-0.2, -0.15) is 0 Å². The van der Waals surface area contributed by atoms with Gasteiger partial charge >= 0.3 is 5.69 Å². The predicted octanol–water partition coefficient (Wildman–Crippen LogP) is 6.52. The van der Waals surface area contributed by atoms with Crippen LogP contribution in [-0.4, -0.2) is 14.2 Å². The van der Waals surface area contributed by atoms with Crippen molar-refractivity contribution >= 4 is 0 Å². The Bertz CT molecular complexity index is 868. The molecule has 1 heterocycles. The van der Waals surface area contributed by atoms with Crippen molar-refractivity contribution in [2.24, 2.45) is 5.92 Å². The summed E-state index contributed by atoms with van der Waals surface area (Å²) in [4.78, 5) is 12.9. The van der Waals surface area contributed by atoms with Gasteiger partial charge < -0.3 is 5.11 Å². The van der Waals surface area contributed by atoms with Gasteiger partial charge in [-0.1, -0.05) is 70.6 Å². The molecule has 0 radical (unpaired) electrons. The Kier molecular flexibility index (Phi) is 12.4. The fraction of sp³-hybridized carbons (Fsp3) is 0.519. The molecule has 0 atom stereocenters. The minimum atomic E-state index is 0.0960. The minimum Gasteiger partial charge on any atom is -0.508 e. The van der Waals surface area contributed by atoms with Crippen molar-refractivity contribution in [3.05, 3.63) is 76.0 Å². The van der Waals surface area contributed by atoms with E-state index in [2.05, 4.69) is 39.0 Å². The molecule has 0 aliphatic heterocycles. The summed E-state index contributed by atoms with van der Waals surface area (Å²) in [5, 5.41) is 9.41. The van der Waals surface area contributed by atoms with Crippen LogP contribution in [0.15, 0.2) is 59.1 Å². The van der Waals surface area contributed by atoms with Crippen molar-refractivity contribution < 1.29 is 5.11 Å².